The molecule has 0 aliphatic rings. The Bertz CT molecular complexity index is 879. The summed E-state index contributed by atoms with van der Waals surface area (Å²) in [4.78, 5) is 27.9. The van der Waals surface area contributed by atoms with Crippen LogP contribution >= 0.6 is 0 Å². The highest BCUT2D eigenvalue weighted by molar-refractivity contribution is 5.94. The van der Waals surface area contributed by atoms with Gasteiger partial charge in [-0.1, -0.05) is 35.5 Å². The van der Waals surface area contributed by atoms with Crippen molar-refractivity contribution in [3.8, 4) is 11.3 Å². The van der Waals surface area contributed by atoms with Crippen LogP contribution in [-0.4, -0.2) is 35.0 Å². The van der Waals surface area contributed by atoms with Gasteiger partial charge in [0.2, 0.25) is 0 Å². The number of carbonyl (C=O) groups excluding carboxylic acids is 2. The molecule has 0 saturated heterocycles. The highest BCUT2D eigenvalue weighted by atomic mass is 16.5. The third-order valence-corrected chi connectivity index (χ3v) is 3.90. The first-order valence-electron chi connectivity index (χ1n) is 8.72. The summed E-state index contributed by atoms with van der Waals surface area (Å²) in [6.45, 7) is 1.03. The van der Waals surface area contributed by atoms with Crippen LogP contribution in [0.3, 0.4) is 0 Å². The second-order valence-electron chi connectivity index (χ2n) is 5.90. The normalized spacial score (nSPS) is 10.4. The van der Waals surface area contributed by atoms with Crippen molar-refractivity contribution in [3.63, 3.8) is 0 Å². The summed E-state index contributed by atoms with van der Waals surface area (Å²) in [5.41, 5.74) is 1.65. The zero-order chi connectivity index (χ0) is 18.9. The van der Waals surface area contributed by atoms with Crippen molar-refractivity contribution < 1.29 is 14.1 Å². The molecule has 0 unspecified atom stereocenters. The maximum Gasteiger partial charge on any atom is 0.273 e. The SMILES string of the molecule is O=C(NCCCCNC(=O)c1cc(-c2ccccc2)on1)c1cccnc1. The third-order valence-electron chi connectivity index (χ3n) is 3.90. The molecule has 0 spiro atoms. The predicted molar refractivity (Wildman–Crippen MR) is 100 cm³/mol. The molecule has 27 heavy (non-hydrogen) atoms. The summed E-state index contributed by atoms with van der Waals surface area (Å²) < 4.78 is 5.22. The van der Waals surface area contributed by atoms with Crippen molar-refractivity contribution in [2.24, 2.45) is 0 Å². The van der Waals surface area contributed by atoms with Crippen LogP contribution in [0.4, 0.5) is 0 Å². The molecule has 3 rings (SSSR count). The highest BCUT2D eigenvalue weighted by Gasteiger charge is 2.13. The van der Waals surface area contributed by atoms with E-state index in [1.54, 1.807) is 24.4 Å². The van der Waals surface area contributed by atoms with E-state index in [-0.39, 0.29) is 17.5 Å². The standard InChI is InChI=1S/C20H20N4O3/c25-19(16-9-6-10-21-14-16)22-11-4-5-12-23-20(26)17-13-18(27-24-17)15-7-2-1-3-8-15/h1-3,6-10,13-14H,4-5,11-12H2,(H,22,25)(H,23,26). The Morgan fingerprint density at radius 3 is 2.37 bits per heavy atom. The molecule has 7 nitrogen and oxygen atoms in total. The van der Waals surface area contributed by atoms with Gasteiger partial charge in [0, 0.05) is 37.1 Å². The summed E-state index contributed by atoms with van der Waals surface area (Å²) in [6.07, 6.45) is 4.64. The van der Waals surface area contributed by atoms with E-state index in [1.165, 1.54) is 6.20 Å². The van der Waals surface area contributed by atoms with Gasteiger partial charge in [0.05, 0.1) is 5.56 Å². The third kappa shape index (κ3) is 5.24. The molecule has 3 aromatic rings. The van der Waals surface area contributed by atoms with Crippen LogP contribution in [0.25, 0.3) is 11.3 Å². The summed E-state index contributed by atoms with van der Waals surface area (Å²) >= 11 is 0. The monoisotopic (exact) mass is 364 g/mol. The van der Waals surface area contributed by atoms with Crippen molar-refractivity contribution >= 4 is 11.8 Å². The molecule has 138 valence electrons. The predicted octanol–water partition coefficient (Wildman–Crippen LogP) is 2.68. The Hall–Kier alpha value is -3.48. The summed E-state index contributed by atoms with van der Waals surface area (Å²) in [5.74, 6) is 0.127. The molecule has 0 fully saturated rings. The summed E-state index contributed by atoms with van der Waals surface area (Å²) in [5, 5.41) is 9.44. The number of carbonyl (C=O) groups is 2. The van der Waals surface area contributed by atoms with Crippen LogP contribution in [0.2, 0.25) is 0 Å². The first-order valence-corrected chi connectivity index (χ1v) is 8.72. The number of pyridine rings is 1. The van der Waals surface area contributed by atoms with Gasteiger partial charge in [0.25, 0.3) is 11.8 Å². The molecule has 0 aliphatic heterocycles. The van der Waals surface area contributed by atoms with Crippen LogP contribution in [0.15, 0.2) is 65.4 Å². The fourth-order valence-corrected chi connectivity index (χ4v) is 2.46. The van der Waals surface area contributed by atoms with Crippen molar-refractivity contribution in [1.82, 2.24) is 20.8 Å². The molecule has 0 atom stereocenters. The zero-order valence-electron chi connectivity index (χ0n) is 14.7. The van der Waals surface area contributed by atoms with Gasteiger partial charge in [-0.3, -0.25) is 14.6 Å². The second-order valence-corrected chi connectivity index (χ2v) is 5.90. The molecule has 2 amide bonds. The molecule has 1 aromatic carbocycles. The van der Waals surface area contributed by atoms with Crippen molar-refractivity contribution in [2.75, 3.05) is 13.1 Å². The Labute approximate surface area is 156 Å². The number of amides is 2. The summed E-state index contributed by atoms with van der Waals surface area (Å²) in [7, 11) is 0. The van der Waals surface area contributed by atoms with E-state index in [1.807, 2.05) is 30.3 Å². The fourth-order valence-electron chi connectivity index (χ4n) is 2.46. The Morgan fingerprint density at radius 1 is 0.926 bits per heavy atom. The number of benzene rings is 1. The van der Waals surface area contributed by atoms with Crippen molar-refractivity contribution in [1.29, 1.82) is 0 Å². The molecular weight excluding hydrogens is 344 g/mol. The number of unbranched alkanes of at least 4 members (excludes halogenated alkanes) is 1. The van der Waals surface area contributed by atoms with Crippen LogP contribution in [0.1, 0.15) is 33.7 Å². The number of hydrogen-bond acceptors (Lipinski definition) is 5. The van der Waals surface area contributed by atoms with E-state index >= 15 is 0 Å². The molecular formula is C20H20N4O3. The largest absolute Gasteiger partial charge is 0.355 e. The molecule has 0 saturated carbocycles. The van der Waals surface area contributed by atoms with E-state index in [0.717, 1.165) is 18.4 Å². The van der Waals surface area contributed by atoms with Crippen LogP contribution < -0.4 is 10.6 Å². The first kappa shape index (κ1) is 18.3. The maximum atomic E-state index is 12.1. The Kier molecular flexibility index (Phi) is 6.30. The van der Waals surface area contributed by atoms with Gasteiger partial charge in [0.1, 0.15) is 0 Å². The maximum absolute atomic E-state index is 12.1. The average Bonchev–Trinajstić information content (AvgIpc) is 3.22. The van der Waals surface area contributed by atoms with Gasteiger partial charge in [-0.2, -0.15) is 0 Å². The quantitative estimate of drug-likeness (QED) is 0.599. The molecule has 2 N–H and O–H groups in total. The van der Waals surface area contributed by atoms with Crippen LogP contribution in [0, 0.1) is 0 Å². The van der Waals surface area contributed by atoms with Gasteiger partial charge in [-0.25, -0.2) is 0 Å². The molecule has 2 heterocycles. The van der Waals surface area contributed by atoms with E-state index in [9.17, 15) is 9.59 Å². The molecule has 7 heteroatoms. The average molecular weight is 364 g/mol. The number of aromatic nitrogens is 2. The van der Waals surface area contributed by atoms with Gasteiger partial charge in [0.15, 0.2) is 11.5 Å². The molecule has 0 bridgehead atoms. The minimum atomic E-state index is -0.277. The van der Waals surface area contributed by atoms with E-state index in [2.05, 4.69) is 20.8 Å². The van der Waals surface area contributed by atoms with Gasteiger partial charge in [-0.05, 0) is 25.0 Å². The van der Waals surface area contributed by atoms with E-state index < -0.39 is 0 Å². The van der Waals surface area contributed by atoms with E-state index in [0.29, 0.717) is 24.4 Å². The number of nitrogens with zero attached hydrogens (tertiary/aromatic N) is 2. The fraction of sp³-hybridized carbons (Fsp3) is 0.200. The lowest BCUT2D eigenvalue weighted by Crippen LogP contribution is -2.27. The van der Waals surface area contributed by atoms with Crippen molar-refractivity contribution in [2.45, 2.75) is 12.8 Å². The van der Waals surface area contributed by atoms with Gasteiger partial charge in [-0.15, -0.1) is 0 Å². The molecule has 0 aliphatic carbocycles. The minimum Gasteiger partial charge on any atom is -0.355 e. The number of rotatable bonds is 8. The number of nitrogens with one attached hydrogen (secondary N) is 2. The highest BCUT2D eigenvalue weighted by Crippen LogP contribution is 2.19. The lowest BCUT2D eigenvalue weighted by atomic mass is 10.1. The first-order chi connectivity index (χ1) is 13.2. The van der Waals surface area contributed by atoms with Gasteiger partial charge >= 0.3 is 0 Å². The Balaban J connectivity index is 1.35. The molecule has 0 radical (unpaired) electrons. The minimum absolute atomic E-state index is 0.150. The lowest BCUT2D eigenvalue weighted by Gasteiger charge is -2.05. The van der Waals surface area contributed by atoms with Gasteiger partial charge < -0.3 is 15.2 Å². The molecule has 2 aromatic heterocycles. The zero-order valence-corrected chi connectivity index (χ0v) is 14.7. The second kappa shape index (κ2) is 9.28. The van der Waals surface area contributed by atoms with E-state index in [4.69, 9.17) is 4.52 Å². The lowest BCUT2D eigenvalue weighted by molar-refractivity contribution is 0.0934. The smallest absolute Gasteiger partial charge is 0.273 e. The topological polar surface area (TPSA) is 97.1 Å². The van der Waals surface area contributed by atoms with Crippen LogP contribution in [-0.2, 0) is 0 Å². The summed E-state index contributed by atoms with van der Waals surface area (Å²) in [6, 6.07) is 14.5. The Morgan fingerprint density at radius 2 is 1.67 bits per heavy atom. The van der Waals surface area contributed by atoms with Crippen molar-refractivity contribution in [3.05, 3.63) is 72.2 Å². The number of hydrogen-bond donors (Lipinski definition) is 2. The van der Waals surface area contributed by atoms with Crippen LogP contribution in [0.5, 0.6) is 0 Å².